The van der Waals surface area contributed by atoms with Crippen LogP contribution in [0.15, 0.2) is 36.5 Å². The topological polar surface area (TPSA) is 95.5 Å². The van der Waals surface area contributed by atoms with Gasteiger partial charge in [-0.2, -0.15) is 5.10 Å². The zero-order chi connectivity index (χ0) is 16.2. The highest BCUT2D eigenvalue weighted by atomic mass is 16.6. The molecular formula is C16H17N3O4. The maximum atomic E-state index is 12.1. The first kappa shape index (κ1) is 15.1. The molecule has 3 rings (SSSR count). The number of carboxylic acids is 1. The van der Waals surface area contributed by atoms with Gasteiger partial charge in [0.05, 0.1) is 11.9 Å². The molecule has 1 aromatic heterocycles. The van der Waals surface area contributed by atoms with Crippen LogP contribution >= 0.6 is 0 Å². The van der Waals surface area contributed by atoms with E-state index in [1.807, 2.05) is 30.3 Å². The van der Waals surface area contributed by atoms with E-state index in [2.05, 4.69) is 10.2 Å². The lowest BCUT2D eigenvalue weighted by Gasteiger charge is -2.16. The third kappa shape index (κ3) is 3.33. The Morgan fingerprint density at radius 2 is 2.13 bits per heavy atom. The maximum absolute atomic E-state index is 12.1. The van der Waals surface area contributed by atoms with Crippen LogP contribution in [0.3, 0.4) is 0 Å². The normalized spacial score (nSPS) is 17.2. The van der Waals surface area contributed by atoms with Gasteiger partial charge in [-0.15, -0.1) is 0 Å². The Morgan fingerprint density at radius 3 is 2.87 bits per heavy atom. The summed E-state index contributed by atoms with van der Waals surface area (Å²) in [5, 5.41) is 15.7. The second-order valence-corrected chi connectivity index (χ2v) is 5.47. The molecule has 1 saturated heterocycles. The van der Waals surface area contributed by atoms with Gasteiger partial charge in [0.2, 0.25) is 0 Å². The number of carboxylic acid groups (broad SMARTS) is 1. The third-order valence-electron chi connectivity index (χ3n) is 3.96. The van der Waals surface area contributed by atoms with Gasteiger partial charge in [-0.3, -0.25) is 5.10 Å². The van der Waals surface area contributed by atoms with Gasteiger partial charge in [0.15, 0.2) is 0 Å². The van der Waals surface area contributed by atoms with Crippen LogP contribution in [-0.2, 0) is 11.3 Å². The minimum absolute atomic E-state index is 0.0622. The van der Waals surface area contributed by atoms with E-state index in [1.54, 1.807) is 4.90 Å². The van der Waals surface area contributed by atoms with Gasteiger partial charge < -0.3 is 14.7 Å². The van der Waals surface area contributed by atoms with Crippen molar-refractivity contribution in [2.24, 2.45) is 0 Å². The fraction of sp³-hybridized carbons (Fsp3) is 0.312. The Kier molecular flexibility index (Phi) is 4.27. The molecule has 120 valence electrons. The summed E-state index contributed by atoms with van der Waals surface area (Å²) < 4.78 is 5.30. The summed E-state index contributed by atoms with van der Waals surface area (Å²) in [5.74, 6) is -1.08. The van der Waals surface area contributed by atoms with E-state index in [0.717, 1.165) is 5.56 Å². The van der Waals surface area contributed by atoms with Crippen LogP contribution in [0.1, 0.15) is 34.0 Å². The molecule has 7 heteroatoms. The summed E-state index contributed by atoms with van der Waals surface area (Å²) in [5.41, 5.74) is 1.66. The number of benzene rings is 1. The van der Waals surface area contributed by atoms with Gasteiger partial charge in [-0.05, 0) is 12.0 Å². The number of amides is 1. The molecule has 0 radical (unpaired) electrons. The summed E-state index contributed by atoms with van der Waals surface area (Å²) >= 11 is 0. The van der Waals surface area contributed by atoms with E-state index in [1.165, 1.54) is 6.20 Å². The quantitative estimate of drug-likeness (QED) is 0.902. The summed E-state index contributed by atoms with van der Waals surface area (Å²) in [6, 6.07) is 9.47. The Hall–Kier alpha value is -2.83. The van der Waals surface area contributed by atoms with E-state index in [0.29, 0.717) is 25.2 Å². The first-order valence-corrected chi connectivity index (χ1v) is 7.37. The van der Waals surface area contributed by atoms with E-state index < -0.39 is 5.97 Å². The van der Waals surface area contributed by atoms with Crippen LogP contribution in [-0.4, -0.2) is 45.4 Å². The smallest absolute Gasteiger partial charge is 0.410 e. The Morgan fingerprint density at radius 1 is 1.35 bits per heavy atom. The van der Waals surface area contributed by atoms with Crippen molar-refractivity contribution in [3.05, 3.63) is 53.3 Å². The number of aromatic carboxylic acids is 1. The fourth-order valence-electron chi connectivity index (χ4n) is 2.75. The third-order valence-corrected chi connectivity index (χ3v) is 3.96. The number of H-pyrrole nitrogens is 1. The lowest BCUT2D eigenvalue weighted by Crippen LogP contribution is -2.29. The molecule has 1 aliphatic heterocycles. The highest BCUT2D eigenvalue weighted by Crippen LogP contribution is 2.28. The van der Waals surface area contributed by atoms with E-state index in [9.17, 15) is 9.59 Å². The molecule has 2 N–H and O–H groups in total. The second kappa shape index (κ2) is 6.51. The lowest BCUT2D eigenvalue weighted by molar-refractivity contribution is 0.0695. The summed E-state index contributed by atoms with van der Waals surface area (Å²) in [6.45, 7) is 1.19. The van der Waals surface area contributed by atoms with Gasteiger partial charge in [0, 0.05) is 19.0 Å². The highest BCUT2D eigenvalue weighted by molar-refractivity contribution is 5.88. The first-order valence-electron chi connectivity index (χ1n) is 7.37. The number of hydrogen-bond acceptors (Lipinski definition) is 4. The Balaban J connectivity index is 1.58. The number of aromatic nitrogens is 2. The van der Waals surface area contributed by atoms with Gasteiger partial charge >= 0.3 is 12.1 Å². The van der Waals surface area contributed by atoms with Crippen molar-refractivity contribution in [1.29, 1.82) is 0 Å². The number of ether oxygens (including phenoxy) is 1. The van der Waals surface area contributed by atoms with Gasteiger partial charge in [0.1, 0.15) is 12.2 Å². The molecule has 2 heterocycles. The average molecular weight is 315 g/mol. The first-order chi connectivity index (χ1) is 11.1. The number of carbonyl (C=O) groups excluding carboxylic acids is 1. The Labute approximate surface area is 132 Å². The molecule has 1 atom stereocenters. The molecule has 1 unspecified atom stereocenters. The van der Waals surface area contributed by atoms with Crippen molar-refractivity contribution in [3.63, 3.8) is 0 Å². The number of aromatic amines is 1. The van der Waals surface area contributed by atoms with Crippen molar-refractivity contribution >= 4 is 12.1 Å². The van der Waals surface area contributed by atoms with E-state index >= 15 is 0 Å². The molecule has 1 aromatic carbocycles. The van der Waals surface area contributed by atoms with Crippen molar-refractivity contribution in [2.45, 2.75) is 18.9 Å². The van der Waals surface area contributed by atoms with Crippen LogP contribution < -0.4 is 0 Å². The van der Waals surface area contributed by atoms with Crippen molar-refractivity contribution in [1.82, 2.24) is 15.1 Å². The number of carbonyl (C=O) groups is 2. The van der Waals surface area contributed by atoms with Crippen LogP contribution in [0.5, 0.6) is 0 Å². The van der Waals surface area contributed by atoms with Crippen molar-refractivity contribution < 1.29 is 19.4 Å². The van der Waals surface area contributed by atoms with Crippen molar-refractivity contribution in [3.8, 4) is 0 Å². The number of rotatable bonds is 4. The molecule has 1 amide bonds. The molecule has 2 aromatic rings. The number of hydrogen-bond donors (Lipinski definition) is 2. The average Bonchev–Trinajstić information content (AvgIpc) is 3.22. The van der Waals surface area contributed by atoms with E-state index in [-0.39, 0.29) is 24.2 Å². The van der Waals surface area contributed by atoms with Gasteiger partial charge in [-0.1, -0.05) is 30.3 Å². The lowest BCUT2D eigenvalue weighted by atomic mass is 10.0. The molecule has 23 heavy (non-hydrogen) atoms. The van der Waals surface area contributed by atoms with Crippen LogP contribution in [0.25, 0.3) is 0 Å². The predicted octanol–water partition coefficient (Wildman–Crippen LogP) is 2.23. The fourth-order valence-corrected chi connectivity index (χ4v) is 2.75. The second-order valence-electron chi connectivity index (χ2n) is 5.47. The van der Waals surface area contributed by atoms with Crippen molar-refractivity contribution in [2.75, 3.05) is 13.1 Å². The molecular weight excluding hydrogens is 298 g/mol. The van der Waals surface area contributed by atoms with Crippen LogP contribution in [0.4, 0.5) is 4.79 Å². The molecule has 1 fully saturated rings. The molecule has 0 bridgehead atoms. The molecule has 1 aliphatic rings. The number of nitrogens with one attached hydrogen (secondary N) is 1. The van der Waals surface area contributed by atoms with E-state index in [4.69, 9.17) is 9.84 Å². The molecule has 0 spiro atoms. The SMILES string of the molecule is O=C(O)c1cn[nH]c1C1CCN(C(=O)OCc2ccccc2)C1. The zero-order valence-corrected chi connectivity index (χ0v) is 12.4. The summed E-state index contributed by atoms with van der Waals surface area (Å²) in [6.07, 6.45) is 1.60. The van der Waals surface area contributed by atoms with Gasteiger partial charge in [0.25, 0.3) is 0 Å². The Bertz CT molecular complexity index is 698. The zero-order valence-electron chi connectivity index (χ0n) is 12.4. The summed E-state index contributed by atoms with van der Waals surface area (Å²) in [7, 11) is 0. The van der Waals surface area contributed by atoms with Crippen LogP contribution in [0.2, 0.25) is 0 Å². The largest absolute Gasteiger partial charge is 0.478 e. The van der Waals surface area contributed by atoms with Crippen LogP contribution in [0, 0.1) is 0 Å². The molecule has 7 nitrogen and oxygen atoms in total. The summed E-state index contributed by atoms with van der Waals surface area (Å²) in [4.78, 5) is 24.9. The van der Waals surface area contributed by atoms with Gasteiger partial charge in [-0.25, -0.2) is 9.59 Å². The monoisotopic (exact) mass is 315 g/mol. The minimum atomic E-state index is -1.01. The minimum Gasteiger partial charge on any atom is -0.478 e. The maximum Gasteiger partial charge on any atom is 0.410 e. The molecule has 0 aliphatic carbocycles. The number of likely N-dealkylation sites (tertiary alicyclic amines) is 1. The number of nitrogens with zero attached hydrogens (tertiary/aromatic N) is 2. The molecule has 0 saturated carbocycles. The highest BCUT2D eigenvalue weighted by Gasteiger charge is 2.31. The standard InChI is InChI=1S/C16H17N3O4/c20-15(21)13-8-17-18-14(13)12-6-7-19(9-12)16(22)23-10-11-4-2-1-3-5-11/h1-5,8,12H,6-7,9-10H2,(H,17,18)(H,20,21). The predicted molar refractivity (Wildman–Crippen MR) is 81.1 cm³/mol.